The zero-order valence-electron chi connectivity index (χ0n) is 9.59. The second kappa shape index (κ2) is 5.64. The molecule has 17 heavy (non-hydrogen) atoms. The molecule has 0 radical (unpaired) electrons. The van der Waals surface area contributed by atoms with Crippen LogP contribution in [-0.2, 0) is 6.42 Å². The average Bonchev–Trinajstić information content (AvgIpc) is 2.40. The molecule has 0 N–H and O–H groups in total. The number of aromatic nitrogens is 1. The van der Waals surface area contributed by atoms with E-state index in [0.717, 1.165) is 12.0 Å². The average molecular weight is 243 g/mol. The van der Waals surface area contributed by atoms with Crippen molar-refractivity contribution in [1.82, 2.24) is 4.98 Å². The first-order valence-corrected chi connectivity index (χ1v) is 6.59. The number of thioether (sulfide) groups is 1. The van der Waals surface area contributed by atoms with E-state index in [1.54, 1.807) is 18.6 Å². The first kappa shape index (κ1) is 11.9. The molecule has 0 aliphatic heterocycles. The molecule has 0 saturated heterocycles. The molecule has 0 amide bonds. The molecule has 0 aliphatic carbocycles. The van der Waals surface area contributed by atoms with Gasteiger partial charge in [0.05, 0.1) is 5.56 Å². The Morgan fingerprint density at radius 3 is 2.71 bits per heavy atom. The SMILES string of the molecule is CSC(=O)c1cnccc1Cc1ccccc1. The van der Waals surface area contributed by atoms with Crippen LogP contribution < -0.4 is 0 Å². The van der Waals surface area contributed by atoms with Gasteiger partial charge in [-0.3, -0.25) is 9.78 Å². The molecule has 2 aromatic rings. The maximum Gasteiger partial charge on any atom is 0.220 e. The molecule has 2 rings (SSSR count). The van der Waals surface area contributed by atoms with Crippen molar-refractivity contribution in [1.29, 1.82) is 0 Å². The van der Waals surface area contributed by atoms with E-state index in [-0.39, 0.29) is 5.12 Å². The largest absolute Gasteiger partial charge is 0.282 e. The van der Waals surface area contributed by atoms with Gasteiger partial charge in [0, 0.05) is 12.4 Å². The van der Waals surface area contributed by atoms with E-state index in [9.17, 15) is 4.79 Å². The topological polar surface area (TPSA) is 30.0 Å². The summed E-state index contributed by atoms with van der Waals surface area (Å²) in [7, 11) is 0. The Morgan fingerprint density at radius 1 is 1.24 bits per heavy atom. The maximum absolute atomic E-state index is 11.7. The van der Waals surface area contributed by atoms with E-state index < -0.39 is 0 Å². The lowest BCUT2D eigenvalue weighted by atomic mass is 10.0. The van der Waals surface area contributed by atoms with Crippen molar-refractivity contribution in [2.75, 3.05) is 6.26 Å². The second-order valence-electron chi connectivity index (χ2n) is 3.69. The van der Waals surface area contributed by atoms with Crippen LogP contribution in [0.5, 0.6) is 0 Å². The zero-order valence-corrected chi connectivity index (χ0v) is 10.4. The molecule has 0 saturated carbocycles. The van der Waals surface area contributed by atoms with Gasteiger partial charge in [0.1, 0.15) is 0 Å². The molecule has 0 unspecified atom stereocenters. The first-order chi connectivity index (χ1) is 8.31. The predicted octanol–water partition coefficient (Wildman–Crippen LogP) is 3.18. The summed E-state index contributed by atoms with van der Waals surface area (Å²) in [5.41, 5.74) is 2.95. The summed E-state index contributed by atoms with van der Waals surface area (Å²) in [5.74, 6) is 0. The zero-order chi connectivity index (χ0) is 12.1. The van der Waals surface area contributed by atoms with E-state index in [0.29, 0.717) is 5.56 Å². The monoisotopic (exact) mass is 243 g/mol. The molecule has 1 aromatic heterocycles. The smallest absolute Gasteiger partial charge is 0.220 e. The minimum Gasteiger partial charge on any atom is -0.282 e. The minimum absolute atomic E-state index is 0.0732. The minimum atomic E-state index is 0.0732. The van der Waals surface area contributed by atoms with Gasteiger partial charge in [-0.1, -0.05) is 42.1 Å². The summed E-state index contributed by atoms with van der Waals surface area (Å²) in [6, 6.07) is 12.0. The van der Waals surface area contributed by atoms with Gasteiger partial charge in [0.15, 0.2) is 0 Å². The fourth-order valence-corrected chi connectivity index (χ4v) is 2.09. The van der Waals surface area contributed by atoms with Crippen molar-refractivity contribution in [2.45, 2.75) is 6.42 Å². The third-order valence-corrected chi connectivity index (χ3v) is 3.14. The Hall–Kier alpha value is -1.61. The van der Waals surface area contributed by atoms with Gasteiger partial charge in [0.25, 0.3) is 0 Å². The third kappa shape index (κ3) is 2.94. The van der Waals surface area contributed by atoms with Crippen LogP contribution in [-0.4, -0.2) is 16.4 Å². The van der Waals surface area contributed by atoms with Crippen molar-refractivity contribution in [3.8, 4) is 0 Å². The van der Waals surface area contributed by atoms with Gasteiger partial charge in [-0.25, -0.2) is 0 Å². The van der Waals surface area contributed by atoms with E-state index in [1.807, 2.05) is 24.3 Å². The van der Waals surface area contributed by atoms with Crippen LogP contribution in [0.3, 0.4) is 0 Å². The van der Waals surface area contributed by atoms with Crippen LogP contribution in [0.15, 0.2) is 48.8 Å². The molecular formula is C14H13NOS. The molecule has 2 nitrogen and oxygen atoms in total. The maximum atomic E-state index is 11.7. The van der Waals surface area contributed by atoms with Crippen LogP contribution in [0.4, 0.5) is 0 Å². The third-order valence-electron chi connectivity index (χ3n) is 2.55. The van der Waals surface area contributed by atoms with Crippen LogP contribution in [0, 0.1) is 0 Å². The van der Waals surface area contributed by atoms with E-state index in [1.165, 1.54) is 17.3 Å². The molecule has 3 heteroatoms. The Morgan fingerprint density at radius 2 is 2.00 bits per heavy atom. The van der Waals surface area contributed by atoms with Crippen LogP contribution in [0.1, 0.15) is 21.5 Å². The van der Waals surface area contributed by atoms with E-state index in [4.69, 9.17) is 0 Å². The number of hydrogen-bond donors (Lipinski definition) is 0. The van der Waals surface area contributed by atoms with Crippen molar-refractivity contribution in [2.24, 2.45) is 0 Å². The second-order valence-corrected chi connectivity index (χ2v) is 4.47. The van der Waals surface area contributed by atoms with Gasteiger partial charge >= 0.3 is 0 Å². The number of rotatable bonds is 3. The van der Waals surface area contributed by atoms with Gasteiger partial charge < -0.3 is 0 Å². The van der Waals surface area contributed by atoms with Crippen molar-refractivity contribution in [3.63, 3.8) is 0 Å². The first-order valence-electron chi connectivity index (χ1n) is 5.36. The van der Waals surface area contributed by atoms with Gasteiger partial charge in [0.2, 0.25) is 5.12 Å². The van der Waals surface area contributed by atoms with Crippen LogP contribution in [0.25, 0.3) is 0 Å². The van der Waals surface area contributed by atoms with Gasteiger partial charge in [-0.15, -0.1) is 0 Å². The Kier molecular flexibility index (Phi) is 3.94. The van der Waals surface area contributed by atoms with Crippen LogP contribution >= 0.6 is 11.8 Å². The quantitative estimate of drug-likeness (QED) is 0.829. The van der Waals surface area contributed by atoms with Gasteiger partial charge in [-0.05, 0) is 29.9 Å². The fourth-order valence-electron chi connectivity index (χ4n) is 1.69. The van der Waals surface area contributed by atoms with E-state index in [2.05, 4.69) is 17.1 Å². The molecule has 0 bridgehead atoms. The molecule has 0 fully saturated rings. The summed E-state index contributed by atoms with van der Waals surface area (Å²) in [5, 5.41) is 0.0732. The summed E-state index contributed by atoms with van der Waals surface area (Å²) < 4.78 is 0. The normalized spacial score (nSPS) is 10.2. The lowest BCUT2D eigenvalue weighted by molar-refractivity contribution is 0.108. The summed E-state index contributed by atoms with van der Waals surface area (Å²) >= 11 is 1.22. The molecule has 1 heterocycles. The summed E-state index contributed by atoms with van der Waals surface area (Å²) in [4.78, 5) is 15.8. The predicted molar refractivity (Wildman–Crippen MR) is 71.3 cm³/mol. The molecule has 0 spiro atoms. The summed E-state index contributed by atoms with van der Waals surface area (Å²) in [6.45, 7) is 0. The highest BCUT2D eigenvalue weighted by Crippen LogP contribution is 2.17. The van der Waals surface area contributed by atoms with Gasteiger partial charge in [-0.2, -0.15) is 0 Å². The van der Waals surface area contributed by atoms with Crippen molar-refractivity contribution < 1.29 is 4.79 Å². The number of carbonyl (C=O) groups excluding carboxylic acids is 1. The lowest BCUT2D eigenvalue weighted by Crippen LogP contribution is -2.01. The highest BCUT2D eigenvalue weighted by atomic mass is 32.2. The van der Waals surface area contributed by atoms with E-state index >= 15 is 0 Å². The molecule has 0 atom stereocenters. The molecule has 1 aromatic carbocycles. The number of hydrogen-bond acceptors (Lipinski definition) is 3. The number of carbonyl (C=O) groups is 1. The Bertz CT molecular complexity index is 511. The standard InChI is InChI=1S/C14H13NOS/c1-17-14(16)13-10-15-8-7-12(13)9-11-5-3-2-4-6-11/h2-8,10H,9H2,1H3. The van der Waals surface area contributed by atoms with Crippen molar-refractivity contribution in [3.05, 3.63) is 65.5 Å². The van der Waals surface area contributed by atoms with Crippen LogP contribution in [0.2, 0.25) is 0 Å². The molecule has 0 aliphatic rings. The van der Waals surface area contributed by atoms with Crippen molar-refractivity contribution >= 4 is 16.9 Å². The fraction of sp³-hybridized carbons (Fsp3) is 0.143. The number of pyridine rings is 1. The number of nitrogens with zero attached hydrogens (tertiary/aromatic N) is 1. The summed E-state index contributed by atoms with van der Waals surface area (Å²) in [6.07, 6.45) is 5.94. The Labute approximate surface area is 105 Å². The molecule has 86 valence electrons. The highest BCUT2D eigenvalue weighted by Gasteiger charge is 2.10. The number of benzene rings is 1. The highest BCUT2D eigenvalue weighted by molar-refractivity contribution is 8.13. The lowest BCUT2D eigenvalue weighted by Gasteiger charge is -2.06. The Balaban J connectivity index is 2.30. The molecular weight excluding hydrogens is 230 g/mol.